The molecule has 6 atom stereocenters. The molecule has 3 aliphatic heterocycles. The molecule has 4 rings (SSSR count). The van der Waals surface area contributed by atoms with Gasteiger partial charge < -0.3 is 29.3 Å². The number of hydrogen-bond acceptors (Lipinski definition) is 7. The number of fused-ring (bicyclic) bond motifs is 1. The lowest BCUT2D eigenvalue weighted by atomic mass is 9.65. The molecule has 9 nitrogen and oxygen atoms in total. The number of ether oxygens (including phenoxy) is 2. The van der Waals surface area contributed by atoms with E-state index < -0.39 is 41.1 Å². The zero-order valence-electron chi connectivity index (χ0n) is 27.9. The van der Waals surface area contributed by atoms with Crippen molar-refractivity contribution in [3.05, 3.63) is 49.6 Å². The van der Waals surface area contributed by atoms with Gasteiger partial charge in [0, 0.05) is 31.0 Å². The lowest BCUT2D eigenvalue weighted by Gasteiger charge is -2.40. The van der Waals surface area contributed by atoms with Crippen molar-refractivity contribution >= 4 is 29.2 Å². The predicted molar refractivity (Wildman–Crippen MR) is 177 cm³/mol. The Kier molecular flexibility index (Phi) is 11.2. The molecule has 0 aromatic heterocycles. The van der Waals surface area contributed by atoms with Gasteiger partial charge in [-0.3, -0.25) is 14.4 Å². The van der Waals surface area contributed by atoms with Crippen molar-refractivity contribution in [3.8, 4) is 0 Å². The third-order valence-corrected chi connectivity index (χ3v) is 10.1. The van der Waals surface area contributed by atoms with Crippen LogP contribution in [0.25, 0.3) is 0 Å². The van der Waals surface area contributed by atoms with Crippen molar-refractivity contribution in [2.24, 2.45) is 17.8 Å². The molecule has 0 radical (unpaired) electrons. The van der Waals surface area contributed by atoms with Crippen LogP contribution >= 0.6 is 0 Å². The van der Waals surface area contributed by atoms with E-state index in [1.165, 1.54) is 0 Å². The third kappa shape index (κ3) is 6.18. The van der Waals surface area contributed by atoms with Crippen LogP contribution in [0.1, 0.15) is 73.1 Å². The number of unbranched alkanes of at least 4 members (excludes halogenated alkanes) is 1. The molecule has 3 heterocycles. The number of carbonyl (C=O) groups excluding carboxylic acids is 3. The standard InChI is InChI=1S/C36H53N3O6/c1-8-13-14-22-44-34(43)30-29-32(41)39(28(24-40)23-25(6)7)31(36(29)20-19-35(30,10-3)45-36)33(42)38(21-9-2)27-17-15-26(16-18-27)37(11-4)12-5/h8-9,15-18,25,28-31,40H,1-2,10-14,19-24H2,3-7H3/t28-,29+,30-,31?,35+,36?/m1/s1. The number of benzene rings is 1. The van der Waals surface area contributed by atoms with E-state index in [4.69, 9.17) is 9.47 Å². The van der Waals surface area contributed by atoms with E-state index in [9.17, 15) is 19.5 Å². The number of anilines is 2. The van der Waals surface area contributed by atoms with E-state index in [-0.39, 0.29) is 37.5 Å². The normalized spacial score (nSPS) is 27.4. The van der Waals surface area contributed by atoms with Crippen LogP contribution in [0.15, 0.2) is 49.6 Å². The summed E-state index contributed by atoms with van der Waals surface area (Å²) >= 11 is 0. The Labute approximate surface area is 269 Å². The van der Waals surface area contributed by atoms with Gasteiger partial charge in [-0.05, 0) is 82.6 Å². The number of esters is 1. The van der Waals surface area contributed by atoms with E-state index >= 15 is 0 Å². The van der Waals surface area contributed by atoms with Gasteiger partial charge in [0.05, 0.1) is 30.8 Å². The van der Waals surface area contributed by atoms with Gasteiger partial charge in [0.1, 0.15) is 17.6 Å². The number of allylic oxidation sites excluding steroid dienone is 1. The summed E-state index contributed by atoms with van der Waals surface area (Å²) in [5, 5.41) is 10.6. The van der Waals surface area contributed by atoms with Gasteiger partial charge in [-0.1, -0.05) is 32.9 Å². The number of likely N-dealkylation sites (tertiary alicyclic amines) is 1. The molecule has 0 aliphatic carbocycles. The molecular weight excluding hydrogens is 570 g/mol. The summed E-state index contributed by atoms with van der Waals surface area (Å²) < 4.78 is 12.7. The van der Waals surface area contributed by atoms with Crippen molar-refractivity contribution in [3.63, 3.8) is 0 Å². The average molecular weight is 624 g/mol. The SMILES string of the molecule is C=CCCCOC(=O)[C@H]1[C@H]2C(=O)N([C@@H](CO)CC(C)C)C(C(=O)N(CC=C)c3ccc(N(CC)CC)cc3)C23CC[C@]1(CC)O3. The van der Waals surface area contributed by atoms with E-state index in [0.717, 1.165) is 18.8 Å². The molecule has 1 spiro atoms. The fourth-order valence-electron chi connectivity index (χ4n) is 8.03. The van der Waals surface area contributed by atoms with Crippen LogP contribution in [0.4, 0.5) is 11.4 Å². The number of nitrogens with zero attached hydrogens (tertiary/aromatic N) is 3. The largest absolute Gasteiger partial charge is 0.465 e. The number of hydrogen-bond donors (Lipinski definition) is 1. The molecule has 45 heavy (non-hydrogen) atoms. The second-order valence-electron chi connectivity index (χ2n) is 13.1. The molecule has 1 aromatic rings. The fraction of sp³-hybridized carbons (Fsp3) is 0.639. The average Bonchev–Trinajstić information content (AvgIpc) is 3.65. The highest BCUT2D eigenvalue weighted by molar-refractivity contribution is 6.05. The molecule has 2 bridgehead atoms. The Bertz CT molecular complexity index is 1230. The molecule has 248 valence electrons. The van der Waals surface area contributed by atoms with Crippen molar-refractivity contribution in [1.29, 1.82) is 0 Å². The van der Waals surface area contributed by atoms with E-state index in [1.54, 1.807) is 22.0 Å². The highest BCUT2D eigenvalue weighted by atomic mass is 16.6. The van der Waals surface area contributed by atoms with Crippen LogP contribution in [0.3, 0.4) is 0 Å². The Balaban J connectivity index is 1.79. The molecule has 1 N–H and O–H groups in total. The van der Waals surface area contributed by atoms with Crippen LogP contribution in [0.5, 0.6) is 0 Å². The smallest absolute Gasteiger partial charge is 0.312 e. The van der Waals surface area contributed by atoms with Crippen LogP contribution < -0.4 is 9.80 Å². The quantitative estimate of drug-likeness (QED) is 0.146. The highest BCUT2D eigenvalue weighted by Gasteiger charge is 2.79. The van der Waals surface area contributed by atoms with Gasteiger partial charge >= 0.3 is 5.97 Å². The molecule has 2 amide bonds. The van der Waals surface area contributed by atoms with Gasteiger partial charge in [0.25, 0.3) is 5.91 Å². The lowest BCUT2D eigenvalue weighted by molar-refractivity contribution is -0.162. The molecule has 9 heteroatoms. The van der Waals surface area contributed by atoms with Crippen LogP contribution in [-0.4, -0.2) is 83.9 Å². The van der Waals surface area contributed by atoms with Crippen LogP contribution in [0, 0.1) is 17.8 Å². The molecule has 3 saturated heterocycles. The summed E-state index contributed by atoms with van der Waals surface area (Å²) in [6, 6.07) is 6.23. The van der Waals surface area contributed by atoms with Gasteiger partial charge in [0.2, 0.25) is 5.91 Å². The minimum atomic E-state index is -1.21. The van der Waals surface area contributed by atoms with Crippen molar-refractivity contribution in [1.82, 2.24) is 4.90 Å². The van der Waals surface area contributed by atoms with Gasteiger partial charge in [0.15, 0.2) is 0 Å². The number of aliphatic hydroxyl groups excluding tert-OH is 1. The first-order valence-corrected chi connectivity index (χ1v) is 16.8. The van der Waals surface area contributed by atoms with Gasteiger partial charge in [-0.2, -0.15) is 0 Å². The zero-order valence-corrected chi connectivity index (χ0v) is 27.9. The van der Waals surface area contributed by atoms with E-state index in [1.807, 2.05) is 45.0 Å². The van der Waals surface area contributed by atoms with Crippen molar-refractivity contribution in [2.75, 3.05) is 42.6 Å². The highest BCUT2D eigenvalue weighted by Crippen LogP contribution is 2.65. The summed E-state index contributed by atoms with van der Waals surface area (Å²) in [6.07, 6.45) is 6.85. The molecule has 3 fully saturated rings. The maximum Gasteiger partial charge on any atom is 0.312 e. The summed E-state index contributed by atoms with van der Waals surface area (Å²) in [5.74, 6) is -2.60. The van der Waals surface area contributed by atoms with Crippen molar-refractivity contribution < 1.29 is 29.0 Å². The summed E-state index contributed by atoms with van der Waals surface area (Å²) in [6.45, 7) is 19.8. The lowest BCUT2D eigenvalue weighted by Crippen LogP contribution is -2.59. The first-order chi connectivity index (χ1) is 21.6. The van der Waals surface area contributed by atoms with E-state index in [2.05, 4.69) is 31.9 Å². The molecular formula is C36H53N3O6. The molecule has 1 aromatic carbocycles. The first-order valence-electron chi connectivity index (χ1n) is 16.8. The maximum absolute atomic E-state index is 15.0. The predicted octanol–water partition coefficient (Wildman–Crippen LogP) is 5.12. The molecule has 2 unspecified atom stereocenters. The first kappa shape index (κ1) is 34.7. The van der Waals surface area contributed by atoms with Gasteiger partial charge in [-0.25, -0.2) is 0 Å². The second-order valence-corrected chi connectivity index (χ2v) is 13.1. The number of carbonyl (C=O) groups is 3. The van der Waals surface area contributed by atoms with Crippen LogP contribution in [-0.2, 0) is 23.9 Å². The second kappa shape index (κ2) is 14.5. The molecule has 3 aliphatic rings. The maximum atomic E-state index is 15.0. The topological polar surface area (TPSA) is 99.6 Å². The van der Waals surface area contributed by atoms with Crippen LogP contribution in [0.2, 0.25) is 0 Å². The molecule has 0 saturated carbocycles. The Morgan fingerprint density at radius 3 is 2.33 bits per heavy atom. The third-order valence-electron chi connectivity index (χ3n) is 10.1. The van der Waals surface area contributed by atoms with Crippen molar-refractivity contribution in [2.45, 2.75) is 96.4 Å². The Hall–Kier alpha value is -3.17. The Morgan fingerprint density at radius 1 is 1.11 bits per heavy atom. The minimum absolute atomic E-state index is 0.158. The zero-order chi connectivity index (χ0) is 32.9. The van der Waals surface area contributed by atoms with E-state index in [0.29, 0.717) is 44.2 Å². The number of aliphatic hydroxyl groups is 1. The summed E-state index contributed by atoms with van der Waals surface area (Å²) in [4.78, 5) is 48.8. The van der Waals surface area contributed by atoms with Gasteiger partial charge in [-0.15, -0.1) is 13.2 Å². The minimum Gasteiger partial charge on any atom is -0.465 e. The number of amides is 2. The Morgan fingerprint density at radius 2 is 1.78 bits per heavy atom. The number of rotatable bonds is 17. The summed E-state index contributed by atoms with van der Waals surface area (Å²) in [5.41, 5.74) is -0.356. The monoisotopic (exact) mass is 623 g/mol. The summed E-state index contributed by atoms with van der Waals surface area (Å²) in [7, 11) is 0. The fourth-order valence-corrected chi connectivity index (χ4v) is 8.03.